The predicted octanol–water partition coefficient (Wildman–Crippen LogP) is 1.13. The second kappa shape index (κ2) is 6.73. The molecule has 1 aromatic rings. The molecule has 0 fully saturated rings. The van der Waals surface area contributed by atoms with E-state index in [0.29, 0.717) is 6.42 Å². The minimum absolute atomic E-state index is 0.0799. The highest BCUT2D eigenvalue weighted by Gasteiger charge is 2.33. The molecule has 0 aromatic heterocycles. The topological polar surface area (TPSA) is 101 Å². The molecule has 0 unspecified atom stereocenters. The van der Waals surface area contributed by atoms with Crippen LogP contribution in [-0.4, -0.2) is 42.4 Å². The van der Waals surface area contributed by atoms with Gasteiger partial charge < -0.3 is 5.11 Å². The van der Waals surface area contributed by atoms with Crippen LogP contribution in [-0.2, 0) is 10.0 Å². The Bertz CT molecular complexity index is 584. The largest absolute Gasteiger partial charge is 0.395 e. The summed E-state index contributed by atoms with van der Waals surface area (Å²) in [5, 5.41) is 19.8. The first kappa shape index (κ1) is 16.5. The molecule has 7 nitrogen and oxygen atoms in total. The maximum absolute atomic E-state index is 13.5. The van der Waals surface area contributed by atoms with Crippen molar-refractivity contribution in [1.29, 1.82) is 0 Å². The molecular formula is C11H15FN2O5S. The standard InChI is InChI=1S/C11H15FN2O5S/c1-2-6-13(7-8-15)20(18,19)10-5-3-4-9(12)11(10)14(16)17/h3-5,15H,2,6-8H2,1H3. The van der Waals surface area contributed by atoms with E-state index in [9.17, 15) is 22.9 Å². The molecule has 1 aromatic carbocycles. The monoisotopic (exact) mass is 306 g/mol. The van der Waals surface area contributed by atoms with E-state index in [2.05, 4.69) is 0 Å². The Morgan fingerprint density at radius 1 is 1.40 bits per heavy atom. The van der Waals surface area contributed by atoms with Gasteiger partial charge in [0, 0.05) is 13.1 Å². The van der Waals surface area contributed by atoms with Crippen LogP contribution in [0.4, 0.5) is 10.1 Å². The number of aliphatic hydroxyl groups is 1. The van der Waals surface area contributed by atoms with Gasteiger partial charge in [-0.15, -0.1) is 0 Å². The summed E-state index contributed by atoms with van der Waals surface area (Å²) in [4.78, 5) is 9.09. The number of nitrogens with zero attached hydrogens (tertiary/aromatic N) is 2. The lowest BCUT2D eigenvalue weighted by Crippen LogP contribution is -2.34. The van der Waals surface area contributed by atoms with E-state index in [1.165, 1.54) is 0 Å². The molecule has 0 spiro atoms. The highest BCUT2D eigenvalue weighted by atomic mass is 32.2. The van der Waals surface area contributed by atoms with Crippen LogP contribution in [0.3, 0.4) is 0 Å². The normalized spacial score (nSPS) is 11.8. The molecule has 0 bridgehead atoms. The van der Waals surface area contributed by atoms with E-state index in [4.69, 9.17) is 5.11 Å². The molecule has 20 heavy (non-hydrogen) atoms. The van der Waals surface area contributed by atoms with Crippen molar-refractivity contribution in [2.24, 2.45) is 0 Å². The first-order chi connectivity index (χ1) is 9.36. The van der Waals surface area contributed by atoms with Crippen molar-refractivity contribution in [2.45, 2.75) is 18.2 Å². The van der Waals surface area contributed by atoms with Crippen molar-refractivity contribution in [2.75, 3.05) is 19.7 Å². The first-order valence-electron chi connectivity index (χ1n) is 5.90. The molecule has 0 aliphatic carbocycles. The van der Waals surface area contributed by atoms with Gasteiger partial charge in [-0.05, 0) is 18.6 Å². The van der Waals surface area contributed by atoms with Gasteiger partial charge in [-0.2, -0.15) is 8.70 Å². The van der Waals surface area contributed by atoms with Crippen LogP contribution in [0.2, 0.25) is 0 Å². The van der Waals surface area contributed by atoms with Gasteiger partial charge in [0.25, 0.3) is 0 Å². The molecule has 0 heterocycles. The number of nitro benzene ring substituents is 1. The molecule has 0 saturated carbocycles. The summed E-state index contributed by atoms with van der Waals surface area (Å²) in [5.41, 5.74) is -1.08. The molecular weight excluding hydrogens is 291 g/mol. The lowest BCUT2D eigenvalue weighted by atomic mass is 10.3. The number of nitro groups is 1. The van der Waals surface area contributed by atoms with E-state index in [1.807, 2.05) is 0 Å². The van der Waals surface area contributed by atoms with E-state index in [1.54, 1.807) is 6.92 Å². The number of aliphatic hydroxyl groups excluding tert-OH is 1. The van der Waals surface area contributed by atoms with Crippen molar-refractivity contribution < 1.29 is 22.8 Å². The zero-order valence-corrected chi connectivity index (χ0v) is 11.6. The number of rotatable bonds is 7. The lowest BCUT2D eigenvalue weighted by molar-refractivity contribution is -0.390. The molecule has 0 aliphatic heterocycles. The zero-order valence-electron chi connectivity index (χ0n) is 10.8. The Morgan fingerprint density at radius 2 is 2.05 bits per heavy atom. The minimum atomic E-state index is -4.23. The zero-order chi connectivity index (χ0) is 15.3. The molecule has 9 heteroatoms. The highest BCUT2D eigenvalue weighted by molar-refractivity contribution is 7.89. The van der Waals surface area contributed by atoms with Crippen LogP contribution in [0, 0.1) is 15.9 Å². The van der Waals surface area contributed by atoms with Gasteiger partial charge in [-0.25, -0.2) is 8.42 Å². The minimum Gasteiger partial charge on any atom is -0.395 e. The Morgan fingerprint density at radius 3 is 2.55 bits per heavy atom. The molecule has 0 aliphatic rings. The van der Waals surface area contributed by atoms with Crippen LogP contribution in [0.25, 0.3) is 0 Å². The summed E-state index contributed by atoms with van der Waals surface area (Å²) < 4.78 is 39.1. The van der Waals surface area contributed by atoms with Gasteiger partial charge in [0.1, 0.15) is 0 Å². The van der Waals surface area contributed by atoms with Crippen molar-refractivity contribution in [3.8, 4) is 0 Å². The van der Waals surface area contributed by atoms with Gasteiger partial charge >= 0.3 is 5.69 Å². The van der Waals surface area contributed by atoms with Gasteiger partial charge in [0.05, 0.1) is 11.5 Å². The number of halogens is 1. The third-order valence-corrected chi connectivity index (χ3v) is 4.50. The smallest absolute Gasteiger partial charge is 0.324 e. The fourth-order valence-electron chi connectivity index (χ4n) is 1.73. The Kier molecular flexibility index (Phi) is 5.54. The van der Waals surface area contributed by atoms with Crippen molar-refractivity contribution >= 4 is 15.7 Å². The second-order valence-electron chi connectivity index (χ2n) is 3.97. The SMILES string of the molecule is CCCN(CCO)S(=O)(=O)c1cccc(F)c1[N+](=O)[O-]. The summed E-state index contributed by atoms with van der Waals surface area (Å²) in [6, 6.07) is 2.90. The van der Waals surface area contributed by atoms with Crippen molar-refractivity contribution in [3.63, 3.8) is 0 Å². The third-order valence-electron chi connectivity index (χ3n) is 2.57. The fraction of sp³-hybridized carbons (Fsp3) is 0.455. The number of sulfonamides is 1. The Hall–Kier alpha value is -1.58. The van der Waals surface area contributed by atoms with Crippen molar-refractivity contribution in [1.82, 2.24) is 4.31 Å². The van der Waals surface area contributed by atoms with Gasteiger partial charge in [-0.1, -0.05) is 13.0 Å². The maximum Gasteiger partial charge on any atom is 0.324 e. The summed E-state index contributed by atoms with van der Waals surface area (Å²) in [5.74, 6) is -1.21. The molecule has 0 radical (unpaired) electrons. The predicted molar refractivity (Wildman–Crippen MR) is 69.2 cm³/mol. The van der Waals surface area contributed by atoms with Crippen LogP contribution in [0.5, 0.6) is 0 Å². The number of para-hydroxylation sites is 1. The van der Waals surface area contributed by atoms with Crippen molar-refractivity contribution in [3.05, 3.63) is 34.1 Å². The molecule has 112 valence electrons. The average molecular weight is 306 g/mol. The van der Waals surface area contributed by atoms with Gasteiger partial charge in [0.15, 0.2) is 4.90 Å². The Labute approximate surface area is 115 Å². The van der Waals surface area contributed by atoms with E-state index < -0.39 is 38.0 Å². The maximum atomic E-state index is 13.5. The summed E-state index contributed by atoms with van der Waals surface area (Å²) in [6.45, 7) is 1.17. The summed E-state index contributed by atoms with van der Waals surface area (Å²) >= 11 is 0. The number of hydrogen-bond acceptors (Lipinski definition) is 5. The lowest BCUT2D eigenvalue weighted by Gasteiger charge is -2.20. The first-order valence-corrected chi connectivity index (χ1v) is 7.34. The number of hydrogen-bond donors (Lipinski definition) is 1. The van der Waals surface area contributed by atoms with Crippen LogP contribution in [0.1, 0.15) is 13.3 Å². The molecule has 1 rings (SSSR count). The highest BCUT2D eigenvalue weighted by Crippen LogP contribution is 2.29. The Balaban J connectivity index is 3.41. The van der Waals surface area contributed by atoms with Crippen LogP contribution >= 0.6 is 0 Å². The van der Waals surface area contributed by atoms with Gasteiger partial charge in [0.2, 0.25) is 15.8 Å². The molecule has 0 amide bonds. The van der Waals surface area contributed by atoms with Crippen LogP contribution in [0.15, 0.2) is 23.1 Å². The third kappa shape index (κ3) is 3.30. The summed E-state index contributed by atoms with van der Waals surface area (Å²) in [6.07, 6.45) is 0.461. The van der Waals surface area contributed by atoms with Crippen LogP contribution < -0.4 is 0 Å². The van der Waals surface area contributed by atoms with E-state index in [-0.39, 0.29) is 13.1 Å². The molecule has 0 atom stereocenters. The number of benzene rings is 1. The average Bonchev–Trinajstić information content (AvgIpc) is 2.37. The van der Waals surface area contributed by atoms with E-state index >= 15 is 0 Å². The molecule has 1 N–H and O–H groups in total. The van der Waals surface area contributed by atoms with E-state index in [0.717, 1.165) is 22.5 Å². The second-order valence-corrected chi connectivity index (χ2v) is 5.88. The quantitative estimate of drug-likeness (QED) is 0.601. The van der Waals surface area contributed by atoms with Gasteiger partial charge in [-0.3, -0.25) is 10.1 Å². The fourth-order valence-corrected chi connectivity index (χ4v) is 3.42. The molecule has 0 saturated heterocycles. The summed E-state index contributed by atoms with van der Waals surface area (Å²) in [7, 11) is -4.23.